The zero-order valence-electron chi connectivity index (χ0n) is 11.9. The van der Waals surface area contributed by atoms with Crippen LogP contribution in [-0.2, 0) is 4.74 Å². The summed E-state index contributed by atoms with van der Waals surface area (Å²) in [5, 5.41) is 0. The van der Waals surface area contributed by atoms with Crippen molar-refractivity contribution in [1.29, 1.82) is 0 Å². The standard InChI is InChI=1S/C15H24O3/c1-5-6-9-18-11-12(2)14-10-13(16-3)7-8-15(14)17-4/h7-8,10,12H,5-6,9,11H2,1-4H3/t12-/m1/s1. The first-order valence-electron chi connectivity index (χ1n) is 6.52. The second kappa shape index (κ2) is 7.98. The Labute approximate surface area is 110 Å². The monoisotopic (exact) mass is 252 g/mol. The van der Waals surface area contributed by atoms with Crippen LogP contribution >= 0.6 is 0 Å². The van der Waals surface area contributed by atoms with Gasteiger partial charge in [0.2, 0.25) is 0 Å². The molecule has 0 aromatic heterocycles. The lowest BCUT2D eigenvalue weighted by molar-refractivity contribution is 0.120. The minimum atomic E-state index is 0.298. The van der Waals surface area contributed by atoms with Crippen LogP contribution in [0.25, 0.3) is 0 Å². The van der Waals surface area contributed by atoms with Gasteiger partial charge in [-0.2, -0.15) is 0 Å². The van der Waals surface area contributed by atoms with Crippen LogP contribution in [0.1, 0.15) is 38.2 Å². The lowest BCUT2D eigenvalue weighted by atomic mass is 10.0. The van der Waals surface area contributed by atoms with E-state index in [9.17, 15) is 0 Å². The third-order valence-electron chi connectivity index (χ3n) is 2.98. The van der Waals surface area contributed by atoms with Gasteiger partial charge in [0.1, 0.15) is 11.5 Å². The summed E-state index contributed by atoms with van der Waals surface area (Å²) in [5.41, 5.74) is 1.13. The summed E-state index contributed by atoms with van der Waals surface area (Å²) < 4.78 is 16.3. The van der Waals surface area contributed by atoms with Gasteiger partial charge in [-0.15, -0.1) is 0 Å². The van der Waals surface area contributed by atoms with E-state index in [1.165, 1.54) is 0 Å². The van der Waals surface area contributed by atoms with Crippen LogP contribution in [0.4, 0.5) is 0 Å². The third kappa shape index (κ3) is 4.22. The Hall–Kier alpha value is -1.22. The highest BCUT2D eigenvalue weighted by Crippen LogP contribution is 2.30. The van der Waals surface area contributed by atoms with Gasteiger partial charge in [0.25, 0.3) is 0 Å². The Morgan fingerprint density at radius 3 is 2.56 bits per heavy atom. The van der Waals surface area contributed by atoms with E-state index in [-0.39, 0.29) is 0 Å². The lowest BCUT2D eigenvalue weighted by Gasteiger charge is -2.17. The van der Waals surface area contributed by atoms with Crippen LogP contribution in [0.2, 0.25) is 0 Å². The molecule has 0 spiro atoms. The van der Waals surface area contributed by atoms with E-state index in [0.29, 0.717) is 12.5 Å². The summed E-state index contributed by atoms with van der Waals surface area (Å²) in [7, 11) is 3.37. The number of rotatable bonds is 8. The Balaban J connectivity index is 2.66. The summed E-state index contributed by atoms with van der Waals surface area (Å²) in [5.74, 6) is 2.04. The normalized spacial score (nSPS) is 12.2. The molecule has 1 rings (SSSR count). The molecule has 1 atom stereocenters. The van der Waals surface area contributed by atoms with Crippen molar-refractivity contribution in [2.75, 3.05) is 27.4 Å². The second-order valence-electron chi connectivity index (χ2n) is 4.44. The fourth-order valence-corrected chi connectivity index (χ4v) is 1.82. The van der Waals surface area contributed by atoms with Gasteiger partial charge in [-0.05, 0) is 24.6 Å². The number of hydrogen-bond acceptors (Lipinski definition) is 3. The highest BCUT2D eigenvalue weighted by atomic mass is 16.5. The van der Waals surface area contributed by atoms with Gasteiger partial charge < -0.3 is 14.2 Å². The molecule has 3 nitrogen and oxygen atoms in total. The molecule has 1 aromatic rings. The maximum absolute atomic E-state index is 5.67. The average molecular weight is 252 g/mol. The quantitative estimate of drug-likeness (QED) is 0.661. The molecule has 0 aliphatic carbocycles. The topological polar surface area (TPSA) is 27.7 Å². The fraction of sp³-hybridized carbons (Fsp3) is 0.600. The van der Waals surface area contributed by atoms with Crippen molar-refractivity contribution in [2.45, 2.75) is 32.6 Å². The second-order valence-corrected chi connectivity index (χ2v) is 4.44. The van der Waals surface area contributed by atoms with Gasteiger partial charge in [-0.1, -0.05) is 20.3 Å². The smallest absolute Gasteiger partial charge is 0.122 e. The predicted molar refractivity (Wildman–Crippen MR) is 73.7 cm³/mol. The highest BCUT2D eigenvalue weighted by molar-refractivity contribution is 5.42. The van der Waals surface area contributed by atoms with Crippen molar-refractivity contribution in [3.05, 3.63) is 23.8 Å². The summed E-state index contributed by atoms with van der Waals surface area (Å²) in [6, 6.07) is 5.87. The molecule has 0 N–H and O–H groups in total. The van der Waals surface area contributed by atoms with E-state index < -0.39 is 0 Å². The molecule has 0 bridgehead atoms. The maximum atomic E-state index is 5.67. The van der Waals surface area contributed by atoms with E-state index in [1.807, 2.05) is 18.2 Å². The van der Waals surface area contributed by atoms with E-state index >= 15 is 0 Å². The molecule has 0 saturated carbocycles. The van der Waals surface area contributed by atoms with Crippen molar-refractivity contribution in [3.63, 3.8) is 0 Å². The molecule has 0 radical (unpaired) electrons. The minimum Gasteiger partial charge on any atom is -0.497 e. The van der Waals surface area contributed by atoms with Gasteiger partial charge in [0, 0.05) is 18.1 Å². The van der Waals surface area contributed by atoms with Crippen LogP contribution in [0.5, 0.6) is 11.5 Å². The number of hydrogen-bond donors (Lipinski definition) is 0. The SMILES string of the molecule is CCCCOC[C@@H](C)c1cc(OC)ccc1OC. The molecule has 1 aromatic carbocycles. The number of ether oxygens (including phenoxy) is 3. The Bertz CT molecular complexity index is 350. The van der Waals surface area contributed by atoms with Gasteiger partial charge >= 0.3 is 0 Å². The van der Waals surface area contributed by atoms with Gasteiger partial charge in [-0.3, -0.25) is 0 Å². The molecule has 0 amide bonds. The van der Waals surface area contributed by atoms with Crippen LogP contribution in [-0.4, -0.2) is 27.4 Å². The lowest BCUT2D eigenvalue weighted by Crippen LogP contribution is -2.07. The summed E-state index contributed by atoms with van der Waals surface area (Å²) in [6.07, 6.45) is 2.28. The van der Waals surface area contributed by atoms with E-state index in [2.05, 4.69) is 13.8 Å². The zero-order chi connectivity index (χ0) is 13.4. The first-order chi connectivity index (χ1) is 8.72. The van der Waals surface area contributed by atoms with Crippen LogP contribution < -0.4 is 9.47 Å². The van der Waals surface area contributed by atoms with Gasteiger partial charge in [0.05, 0.1) is 20.8 Å². The Kier molecular flexibility index (Phi) is 6.58. The summed E-state index contributed by atoms with van der Waals surface area (Å²) in [4.78, 5) is 0. The molecule has 0 aliphatic rings. The van der Waals surface area contributed by atoms with Gasteiger partial charge in [0.15, 0.2) is 0 Å². The highest BCUT2D eigenvalue weighted by Gasteiger charge is 2.12. The molecular formula is C15H24O3. The molecule has 0 aliphatic heterocycles. The van der Waals surface area contributed by atoms with Gasteiger partial charge in [-0.25, -0.2) is 0 Å². The molecule has 0 heterocycles. The predicted octanol–water partition coefficient (Wildman–Crippen LogP) is 3.62. The maximum Gasteiger partial charge on any atom is 0.122 e. The molecule has 3 heteroatoms. The van der Waals surface area contributed by atoms with E-state index in [4.69, 9.17) is 14.2 Å². The van der Waals surface area contributed by atoms with Crippen molar-refractivity contribution in [3.8, 4) is 11.5 Å². The minimum absolute atomic E-state index is 0.298. The molecule has 0 fully saturated rings. The molecule has 0 saturated heterocycles. The summed E-state index contributed by atoms with van der Waals surface area (Å²) in [6.45, 7) is 5.85. The average Bonchev–Trinajstić information content (AvgIpc) is 2.42. The van der Waals surface area contributed by atoms with Crippen molar-refractivity contribution in [1.82, 2.24) is 0 Å². The fourth-order valence-electron chi connectivity index (χ4n) is 1.82. The number of benzene rings is 1. The van der Waals surface area contributed by atoms with E-state index in [1.54, 1.807) is 14.2 Å². The van der Waals surface area contributed by atoms with E-state index in [0.717, 1.165) is 36.5 Å². The largest absolute Gasteiger partial charge is 0.497 e. The zero-order valence-corrected chi connectivity index (χ0v) is 11.9. The van der Waals surface area contributed by atoms with Crippen molar-refractivity contribution in [2.24, 2.45) is 0 Å². The summed E-state index contributed by atoms with van der Waals surface area (Å²) >= 11 is 0. The number of unbranched alkanes of at least 4 members (excludes halogenated alkanes) is 1. The van der Waals surface area contributed by atoms with Crippen LogP contribution in [0.3, 0.4) is 0 Å². The Morgan fingerprint density at radius 2 is 1.94 bits per heavy atom. The Morgan fingerprint density at radius 1 is 1.17 bits per heavy atom. The molecule has 102 valence electrons. The van der Waals surface area contributed by atoms with Crippen molar-refractivity contribution >= 4 is 0 Å². The first-order valence-corrected chi connectivity index (χ1v) is 6.52. The third-order valence-corrected chi connectivity index (χ3v) is 2.98. The van der Waals surface area contributed by atoms with Crippen molar-refractivity contribution < 1.29 is 14.2 Å². The molecule has 18 heavy (non-hydrogen) atoms. The van der Waals surface area contributed by atoms with Crippen LogP contribution in [0, 0.1) is 0 Å². The van der Waals surface area contributed by atoms with Crippen LogP contribution in [0.15, 0.2) is 18.2 Å². The first kappa shape index (κ1) is 14.8. The molecular weight excluding hydrogens is 228 g/mol. The number of methoxy groups -OCH3 is 2. The molecule has 0 unspecified atom stereocenters.